The molecule has 0 saturated carbocycles. The third-order valence-electron chi connectivity index (χ3n) is 5.99. The Morgan fingerprint density at radius 3 is 2.59 bits per heavy atom. The quantitative estimate of drug-likeness (QED) is 0.399. The van der Waals surface area contributed by atoms with Gasteiger partial charge in [-0.05, 0) is 72.4 Å². The largest absolute Gasteiger partial charge is 0.438 e. The van der Waals surface area contributed by atoms with Crippen molar-refractivity contribution in [1.82, 2.24) is 9.88 Å². The Morgan fingerprint density at radius 2 is 1.84 bits per heavy atom. The molecule has 1 aliphatic heterocycles. The van der Waals surface area contributed by atoms with Crippen molar-refractivity contribution in [3.05, 3.63) is 84.0 Å². The molecule has 1 fully saturated rings. The van der Waals surface area contributed by atoms with Crippen molar-refractivity contribution in [3.8, 4) is 11.1 Å². The lowest BCUT2D eigenvalue weighted by Gasteiger charge is -2.22. The van der Waals surface area contributed by atoms with Gasteiger partial charge in [-0.15, -0.1) is 0 Å². The Kier molecular flexibility index (Phi) is 5.35. The van der Waals surface area contributed by atoms with Crippen molar-refractivity contribution in [2.75, 3.05) is 11.9 Å². The first-order valence-corrected chi connectivity index (χ1v) is 10.9. The van der Waals surface area contributed by atoms with E-state index in [2.05, 4.69) is 12.2 Å². The van der Waals surface area contributed by atoms with Gasteiger partial charge in [0.25, 0.3) is 0 Å². The second-order valence-corrected chi connectivity index (χ2v) is 8.07. The van der Waals surface area contributed by atoms with Gasteiger partial charge in [0.05, 0.1) is 0 Å². The maximum atomic E-state index is 13.2. The minimum atomic E-state index is -0.264. The van der Waals surface area contributed by atoms with Gasteiger partial charge in [0.15, 0.2) is 5.58 Å². The van der Waals surface area contributed by atoms with Crippen LogP contribution >= 0.6 is 0 Å². The number of benzene rings is 3. The Labute approximate surface area is 185 Å². The van der Waals surface area contributed by atoms with Gasteiger partial charge in [0.2, 0.25) is 5.89 Å². The van der Waals surface area contributed by atoms with Crippen LogP contribution < -0.4 is 5.32 Å². The van der Waals surface area contributed by atoms with Crippen molar-refractivity contribution in [2.24, 2.45) is 0 Å². The highest BCUT2D eigenvalue weighted by atomic mass is 19.1. The number of urea groups is 1. The van der Waals surface area contributed by atoms with Crippen molar-refractivity contribution < 1.29 is 13.6 Å². The molecule has 5 nitrogen and oxygen atoms in total. The summed E-state index contributed by atoms with van der Waals surface area (Å²) in [6.07, 6.45) is 2.66. The van der Waals surface area contributed by atoms with Crippen LogP contribution in [0.4, 0.5) is 14.9 Å². The van der Waals surface area contributed by atoms with E-state index in [4.69, 9.17) is 9.40 Å². The number of rotatable bonds is 4. The van der Waals surface area contributed by atoms with Crippen molar-refractivity contribution in [2.45, 2.75) is 32.2 Å². The minimum Gasteiger partial charge on any atom is -0.438 e. The molecule has 32 heavy (non-hydrogen) atoms. The molecule has 3 aromatic carbocycles. The molecule has 1 atom stereocenters. The normalized spacial score (nSPS) is 15.9. The van der Waals surface area contributed by atoms with Crippen LogP contribution in [0.5, 0.6) is 0 Å². The molecule has 2 amide bonds. The summed E-state index contributed by atoms with van der Waals surface area (Å²) in [6.45, 7) is 2.76. The van der Waals surface area contributed by atoms with E-state index in [1.807, 2.05) is 42.5 Å². The molecule has 0 spiro atoms. The molecular formula is C26H24FN3O2. The van der Waals surface area contributed by atoms with Crippen LogP contribution in [0.2, 0.25) is 0 Å². The van der Waals surface area contributed by atoms with Gasteiger partial charge in [0.1, 0.15) is 17.4 Å². The van der Waals surface area contributed by atoms with Gasteiger partial charge < -0.3 is 14.6 Å². The number of carbonyl (C=O) groups is 1. The number of aryl methyl sites for hydroxylation is 1. The molecule has 2 heterocycles. The molecule has 1 saturated heterocycles. The first-order chi connectivity index (χ1) is 15.6. The fourth-order valence-electron chi connectivity index (χ4n) is 4.20. The molecule has 0 radical (unpaired) electrons. The molecule has 0 bridgehead atoms. The van der Waals surface area contributed by atoms with Gasteiger partial charge in [-0.1, -0.05) is 37.3 Å². The number of nitrogens with zero attached hydrogens (tertiary/aromatic N) is 2. The maximum Gasteiger partial charge on any atom is 0.322 e. The van der Waals surface area contributed by atoms with E-state index in [1.165, 1.54) is 17.7 Å². The highest BCUT2D eigenvalue weighted by Gasteiger charge is 2.33. The summed E-state index contributed by atoms with van der Waals surface area (Å²) in [5, 5.41) is 2.99. The number of halogens is 1. The lowest BCUT2D eigenvalue weighted by Crippen LogP contribution is -2.34. The number of hydrogen-bond acceptors (Lipinski definition) is 3. The fraction of sp³-hybridized carbons (Fsp3) is 0.231. The summed E-state index contributed by atoms with van der Waals surface area (Å²) >= 11 is 0. The number of aromatic nitrogens is 1. The highest BCUT2D eigenvalue weighted by molar-refractivity contribution is 5.90. The number of likely N-dealkylation sites (tertiary alicyclic amines) is 1. The second-order valence-electron chi connectivity index (χ2n) is 8.07. The molecular weight excluding hydrogens is 405 g/mol. The summed E-state index contributed by atoms with van der Waals surface area (Å²) in [7, 11) is 0. The van der Waals surface area contributed by atoms with E-state index in [1.54, 1.807) is 17.0 Å². The van der Waals surface area contributed by atoms with E-state index in [0.717, 1.165) is 41.6 Å². The number of carbonyl (C=O) groups excluding carboxylic acids is 1. The number of oxazole rings is 1. The zero-order valence-electron chi connectivity index (χ0n) is 17.8. The summed E-state index contributed by atoms with van der Waals surface area (Å²) in [5.74, 6) is 0.282. The zero-order valence-corrected chi connectivity index (χ0v) is 17.8. The standard InChI is InChI=1S/C26H24FN3O2/c1-2-17-5-12-21(13-6-17)28-26(31)30-15-3-4-23(30)25-29-22-16-19(9-14-24(22)32-25)18-7-10-20(27)11-8-18/h5-14,16,23H,2-4,15H2,1H3,(H,28,31). The Morgan fingerprint density at radius 1 is 1.09 bits per heavy atom. The smallest absolute Gasteiger partial charge is 0.322 e. The lowest BCUT2D eigenvalue weighted by atomic mass is 10.1. The maximum absolute atomic E-state index is 13.2. The zero-order chi connectivity index (χ0) is 22.1. The van der Waals surface area contributed by atoms with Crippen molar-refractivity contribution in [1.29, 1.82) is 0 Å². The summed E-state index contributed by atoms with van der Waals surface area (Å²) in [6, 6.07) is 19.7. The summed E-state index contributed by atoms with van der Waals surface area (Å²) in [4.78, 5) is 19.4. The fourth-order valence-corrected chi connectivity index (χ4v) is 4.20. The third-order valence-corrected chi connectivity index (χ3v) is 5.99. The van der Waals surface area contributed by atoms with Gasteiger partial charge in [-0.2, -0.15) is 0 Å². The molecule has 1 aromatic heterocycles. The van der Waals surface area contributed by atoms with E-state index < -0.39 is 0 Å². The summed E-state index contributed by atoms with van der Waals surface area (Å²) in [5.41, 5.74) is 5.26. The van der Waals surface area contributed by atoms with Gasteiger partial charge in [-0.3, -0.25) is 0 Å². The first-order valence-electron chi connectivity index (χ1n) is 10.9. The van der Waals surface area contributed by atoms with Gasteiger partial charge in [0, 0.05) is 12.2 Å². The molecule has 4 aromatic rings. The molecule has 162 valence electrons. The SMILES string of the molecule is CCc1ccc(NC(=O)N2CCCC2c2nc3cc(-c4ccc(F)cc4)ccc3o2)cc1. The lowest BCUT2D eigenvalue weighted by molar-refractivity contribution is 0.199. The van der Waals surface area contributed by atoms with Crippen LogP contribution in [0.25, 0.3) is 22.2 Å². The predicted octanol–water partition coefficient (Wildman–Crippen LogP) is 6.57. The van der Waals surface area contributed by atoms with E-state index in [0.29, 0.717) is 18.0 Å². The van der Waals surface area contributed by atoms with Crippen LogP contribution in [-0.4, -0.2) is 22.5 Å². The van der Waals surface area contributed by atoms with Crippen LogP contribution in [0.3, 0.4) is 0 Å². The van der Waals surface area contributed by atoms with Crippen LogP contribution in [-0.2, 0) is 6.42 Å². The minimum absolute atomic E-state index is 0.147. The molecule has 1 unspecified atom stereocenters. The Bertz CT molecular complexity index is 1250. The number of amides is 2. The van der Waals surface area contributed by atoms with Crippen LogP contribution in [0, 0.1) is 5.82 Å². The molecule has 0 aliphatic carbocycles. The van der Waals surface area contributed by atoms with Crippen molar-refractivity contribution in [3.63, 3.8) is 0 Å². The number of anilines is 1. The number of nitrogens with one attached hydrogen (secondary N) is 1. The average molecular weight is 429 g/mol. The molecule has 1 aliphatic rings. The molecule has 5 rings (SSSR count). The Hall–Kier alpha value is -3.67. The van der Waals surface area contributed by atoms with Crippen LogP contribution in [0.15, 0.2) is 71.1 Å². The molecule has 1 N–H and O–H groups in total. The average Bonchev–Trinajstić information content (AvgIpc) is 3.46. The van der Waals surface area contributed by atoms with Crippen LogP contribution in [0.1, 0.15) is 37.3 Å². The highest BCUT2D eigenvalue weighted by Crippen LogP contribution is 2.34. The van der Waals surface area contributed by atoms with Gasteiger partial charge >= 0.3 is 6.03 Å². The van der Waals surface area contributed by atoms with Crippen molar-refractivity contribution >= 4 is 22.8 Å². The molecule has 6 heteroatoms. The topological polar surface area (TPSA) is 58.4 Å². The predicted molar refractivity (Wildman–Crippen MR) is 123 cm³/mol. The van der Waals surface area contributed by atoms with Gasteiger partial charge in [-0.25, -0.2) is 14.2 Å². The second kappa shape index (κ2) is 8.46. The monoisotopic (exact) mass is 429 g/mol. The third kappa shape index (κ3) is 3.96. The first kappa shape index (κ1) is 20.2. The number of hydrogen-bond donors (Lipinski definition) is 1. The number of fused-ring (bicyclic) bond motifs is 1. The van der Waals surface area contributed by atoms with E-state index >= 15 is 0 Å². The van der Waals surface area contributed by atoms with E-state index in [-0.39, 0.29) is 17.9 Å². The summed E-state index contributed by atoms with van der Waals surface area (Å²) < 4.78 is 19.3. The van der Waals surface area contributed by atoms with E-state index in [9.17, 15) is 9.18 Å². The Balaban J connectivity index is 1.37.